The van der Waals surface area contributed by atoms with Gasteiger partial charge in [0.25, 0.3) is 0 Å². The van der Waals surface area contributed by atoms with Gasteiger partial charge in [-0.2, -0.15) is 0 Å². The number of carbonyl (C=O) groups is 2. The Hall–Kier alpha value is -3.88. The van der Waals surface area contributed by atoms with E-state index in [1.165, 1.54) is 0 Å². The Bertz CT molecular complexity index is 1150. The molecule has 0 atom stereocenters. The minimum absolute atomic E-state index is 0.0373. The minimum Gasteiger partial charge on any atom is -0.497 e. The molecule has 0 N–H and O–H groups in total. The van der Waals surface area contributed by atoms with E-state index in [2.05, 4.69) is 15.1 Å². The van der Waals surface area contributed by atoms with E-state index in [9.17, 15) is 9.59 Å². The van der Waals surface area contributed by atoms with Gasteiger partial charge >= 0.3 is 0 Å². The predicted molar refractivity (Wildman–Crippen MR) is 130 cm³/mol. The first-order chi connectivity index (χ1) is 17.1. The summed E-state index contributed by atoms with van der Waals surface area (Å²) in [7, 11) is 1.64. The van der Waals surface area contributed by atoms with Crippen LogP contribution in [0.5, 0.6) is 5.75 Å². The molecule has 9 heteroatoms. The zero-order valence-electron chi connectivity index (χ0n) is 19.8. The number of hydrogen-bond donors (Lipinski definition) is 0. The summed E-state index contributed by atoms with van der Waals surface area (Å²) in [5.41, 5.74) is 1.72. The third-order valence-corrected chi connectivity index (χ3v) is 6.46. The number of methoxy groups -OCH3 is 1. The van der Waals surface area contributed by atoms with Gasteiger partial charge in [0.1, 0.15) is 18.1 Å². The first-order valence-electron chi connectivity index (χ1n) is 11.9. The van der Waals surface area contributed by atoms with Gasteiger partial charge in [0.05, 0.1) is 25.6 Å². The van der Waals surface area contributed by atoms with Gasteiger partial charge < -0.3 is 23.9 Å². The molecule has 0 unspecified atom stereocenters. The van der Waals surface area contributed by atoms with Gasteiger partial charge in [0, 0.05) is 37.7 Å². The summed E-state index contributed by atoms with van der Waals surface area (Å²) >= 11 is 0. The van der Waals surface area contributed by atoms with Crippen molar-refractivity contribution in [2.24, 2.45) is 5.92 Å². The maximum absolute atomic E-state index is 13.0. The zero-order valence-corrected chi connectivity index (χ0v) is 19.8. The van der Waals surface area contributed by atoms with Crippen molar-refractivity contribution in [2.75, 3.05) is 44.7 Å². The molecule has 2 aromatic heterocycles. The molecule has 0 spiro atoms. The van der Waals surface area contributed by atoms with Gasteiger partial charge in [-0.1, -0.05) is 12.1 Å². The fourth-order valence-corrected chi connectivity index (χ4v) is 4.27. The molecule has 2 fully saturated rings. The van der Waals surface area contributed by atoms with Crippen LogP contribution >= 0.6 is 0 Å². The topological polar surface area (TPSA) is 92.0 Å². The van der Waals surface area contributed by atoms with E-state index < -0.39 is 0 Å². The molecule has 1 aliphatic heterocycles. The fraction of sp³-hybridized carbons (Fsp3) is 0.385. The summed E-state index contributed by atoms with van der Waals surface area (Å²) < 4.78 is 10.7. The highest BCUT2D eigenvalue weighted by Gasteiger charge is 2.35. The predicted octanol–water partition coefficient (Wildman–Crippen LogP) is 2.83. The van der Waals surface area contributed by atoms with E-state index in [-0.39, 0.29) is 24.3 Å². The molecule has 1 saturated heterocycles. The lowest BCUT2D eigenvalue weighted by molar-refractivity contribution is -0.142. The monoisotopic (exact) mass is 475 g/mol. The van der Waals surface area contributed by atoms with Crippen LogP contribution in [0.4, 0.5) is 5.82 Å². The van der Waals surface area contributed by atoms with Crippen molar-refractivity contribution in [3.63, 3.8) is 0 Å². The molecule has 9 nitrogen and oxygen atoms in total. The molecule has 1 aromatic carbocycles. The van der Waals surface area contributed by atoms with E-state index in [0.717, 1.165) is 35.7 Å². The second-order valence-electron chi connectivity index (χ2n) is 8.92. The summed E-state index contributed by atoms with van der Waals surface area (Å²) in [6.45, 7) is 2.87. The Morgan fingerprint density at radius 2 is 1.89 bits per heavy atom. The van der Waals surface area contributed by atoms with E-state index in [0.29, 0.717) is 38.5 Å². The molecule has 1 saturated carbocycles. The highest BCUT2D eigenvalue weighted by atomic mass is 16.5. The van der Waals surface area contributed by atoms with Gasteiger partial charge in [0.2, 0.25) is 11.8 Å². The number of benzene rings is 1. The van der Waals surface area contributed by atoms with Crippen molar-refractivity contribution in [3.05, 3.63) is 60.6 Å². The van der Waals surface area contributed by atoms with Gasteiger partial charge in [-0.3, -0.25) is 9.59 Å². The normalized spacial score (nSPS) is 15.7. The maximum atomic E-state index is 13.0. The molecular formula is C26H29N5O4. The molecule has 3 heterocycles. The molecule has 5 rings (SSSR count). The van der Waals surface area contributed by atoms with Crippen LogP contribution in [0.1, 0.15) is 18.6 Å². The molecule has 2 aliphatic rings. The number of anilines is 1. The number of aromatic nitrogens is 2. The van der Waals surface area contributed by atoms with Crippen molar-refractivity contribution in [3.8, 4) is 17.0 Å². The summed E-state index contributed by atoms with van der Waals surface area (Å²) in [4.78, 5) is 31.3. The van der Waals surface area contributed by atoms with Crippen LogP contribution in [-0.4, -0.2) is 71.6 Å². The highest BCUT2D eigenvalue weighted by molar-refractivity contribution is 5.87. The molecule has 2 amide bonds. The first-order valence-corrected chi connectivity index (χ1v) is 11.9. The molecule has 0 bridgehead atoms. The lowest BCUT2D eigenvalue weighted by Crippen LogP contribution is -2.52. The van der Waals surface area contributed by atoms with Crippen LogP contribution in [-0.2, 0) is 16.1 Å². The third kappa shape index (κ3) is 5.45. The van der Waals surface area contributed by atoms with E-state index in [4.69, 9.17) is 9.15 Å². The quantitative estimate of drug-likeness (QED) is 0.495. The summed E-state index contributed by atoms with van der Waals surface area (Å²) in [6.07, 6.45) is 3.39. The Balaban J connectivity index is 1.17. The number of amides is 2. The second kappa shape index (κ2) is 10.2. The summed E-state index contributed by atoms with van der Waals surface area (Å²) in [5.74, 6) is 2.30. The van der Waals surface area contributed by atoms with Crippen molar-refractivity contribution in [1.82, 2.24) is 20.0 Å². The van der Waals surface area contributed by atoms with E-state index >= 15 is 0 Å². The van der Waals surface area contributed by atoms with Crippen LogP contribution in [0, 0.1) is 5.92 Å². The number of hydrogen-bond acceptors (Lipinski definition) is 7. The minimum atomic E-state index is -0.0373. The second-order valence-corrected chi connectivity index (χ2v) is 8.92. The number of piperazine rings is 1. The number of furan rings is 1. The lowest BCUT2D eigenvalue weighted by Gasteiger charge is -2.36. The van der Waals surface area contributed by atoms with Crippen LogP contribution in [0.3, 0.4) is 0 Å². The van der Waals surface area contributed by atoms with Crippen molar-refractivity contribution < 1.29 is 18.7 Å². The van der Waals surface area contributed by atoms with Crippen LogP contribution in [0.2, 0.25) is 0 Å². The average Bonchev–Trinajstić information content (AvgIpc) is 3.64. The van der Waals surface area contributed by atoms with Gasteiger partial charge in [-0.15, -0.1) is 10.2 Å². The smallest absolute Gasteiger partial charge is 0.242 e. The Morgan fingerprint density at radius 1 is 1.06 bits per heavy atom. The highest BCUT2D eigenvalue weighted by Crippen LogP contribution is 2.31. The molecule has 0 radical (unpaired) electrons. The van der Waals surface area contributed by atoms with E-state index in [1.54, 1.807) is 24.3 Å². The summed E-state index contributed by atoms with van der Waals surface area (Å²) in [5, 5.41) is 8.80. The Labute approximate surface area is 204 Å². The molecule has 182 valence electrons. The van der Waals surface area contributed by atoms with Gasteiger partial charge in [-0.05, 0) is 49.2 Å². The SMILES string of the molecule is COc1cccc(-c2ccc(N3CCN(C(=O)CN(Cc4ccco4)C(=O)C4CC4)CC3)nn2)c1. The number of nitrogens with zero attached hydrogens (tertiary/aromatic N) is 5. The van der Waals surface area contributed by atoms with E-state index in [1.807, 2.05) is 47.4 Å². The van der Waals surface area contributed by atoms with Crippen molar-refractivity contribution in [1.29, 1.82) is 0 Å². The Kier molecular flexibility index (Phi) is 6.65. The standard InChI is InChI=1S/C26H29N5O4/c1-34-21-5-2-4-20(16-21)23-9-10-24(28-27-23)29-11-13-30(14-12-29)25(32)18-31(26(33)19-7-8-19)17-22-6-3-15-35-22/h2-6,9-10,15-16,19H,7-8,11-14,17-18H2,1H3. The van der Waals surface area contributed by atoms with Crippen LogP contribution in [0.15, 0.2) is 59.2 Å². The number of ether oxygens (including phenoxy) is 1. The number of rotatable bonds is 8. The third-order valence-electron chi connectivity index (χ3n) is 6.46. The molecule has 1 aliphatic carbocycles. The fourth-order valence-electron chi connectivity index (χ4n) is 4.27. The maximum Gasteiger partial charge on any atom is 0.242 e. The van der Waals surface area contributed by atoms with Crippen molar-refractivity contribution >= 4 is 17.6 Å². The largest absolute Gasteiger partial charge is 0.497 e. The summed E-state index contributed by atoms with van der Waals surface area (Å²) in [6, 6.07) is 15.2. The van der Waals surface area contributed by atoms with Gasteiger partial charge in [0.15, 0.2) is 5.82 Å². The molecule has 3 aromatic rings. The molecular weight excluding hydrogens is 446 g/mol. The lowest BCUT2D eigenvalue weighted by atomic mass is 10.1. The average molecular weight is 476 g/mol. The van der Waals surface area contributed by atoms with Gasteiger partial charge in [-0.25, -0.2) is 0 Å². The van der Waals surface area contributed by atoms with Crippen LogP contribution in [0.25, 0.3) is 11.3 Å². The van der Waals surface area contributed by atoms with Crippen molar-refractivity contribution in [2.45, 2.75) is 19.4 Å². The first kappa shape index (κ1) is 22.9. The number of carbonyl (C=O) groups excluding carboxylic acids is 2. The zero-order chi connectivity index (χ0) is 24.2. The van der Waals surface area contributed by atoms with Crippen LogP contribution < -0.4 is 9.64 Å². The Morgan fingerprint density at radius 3 is 2.54 bits per heavy atom. The molecule has 35 heavy (non-hydrogen) atoms.